The quantitative estimate of drug-likeness (QED) is 0.720. The number of benzene rings is 1. The Hall–Kier alpha value is -2.51. The van der Waals surface area contributed by atoms with E-state index in [0.29, 0.717) is 17.6 Å². The van der Waals surface area contributed by atoms with Crippen molar-refractivity contribution < 1.29 is 9.53 Å². The predicted octanol–water partition coefficient (Wildman–Crippen LogP) is 2.61. The van der Waals surface area contributed by atoms with Gasteiger partial charge in [-0.2, -0.15) is 0 Å². The van der Waals surface area contributed by atoms with Crippen molar-refractivity contribution in [2.24, 2.45) is 5.41 Å². The van der Waals surface area contributed by atoms with Gasteiger partial charge in [-0.15, -0.1) is 0 Å². The minimum atomic E-state index is 0.0426. The van der Waals surface area contributed by atoms with Gasteiger partial charge in [-0.3, -0.25) is 9.69 Å². The zero-order chi connectivity index (χ0) is 22.1. The van der Waals surface area contributed by atoms with Gasteiger partial charge in [0.25, 0.3) is 5.91 Å². The van der Waals surface area contributed by atoms with Gasteiger partial charge in [-0.05, 0) is 30.4 Å². The molecule has 32 heavy (non-hydrogen) atoms. The number of aromatic nitrogens is 2. The summed E-state index contributed by atoms with van der Waals surface area (Å²) < 4.78 is 5.33. The summed E-state index contributed by atoms with van der Waals surface area (Å²) in [7, 11) is 1.99. The molecule has 0 saturated carbocycles. The van der Waals surface area contributed by atoms with E-state index in [1.807, 2.05) is 16.8 Å². The number of amides is 1. The lowest BCUT2D eigenvalue weighted by Crippen LogP contribution is -2.48. The standard InChI is InChI=1S/C25H33N5O2/c1-25(17-32-18-25)16-28(2)24-26-13-21(14-27-24)23(31)29-11-8-22(9-12-29)30-10-7-19-5-3-4-6-20(19)15-30/h3-6,13-14,22H,7-12,15-18H2,1-2H3. The maximum Gasteiger partial charge on any atom is 0.256 e. The minimum Gasteiger partial charge on any atom is -0.380 e. The molecule has 1 aromatic carbocycles. The molecule has 2 saturated heterocycles. The van der Waals surface area contributed by atoms with Crippen LogP contribution in [0.3, 0.4) is 0 Å². The maximum absolute atomic E-state index is 13.0. The first-order valence-corrected chi connectivity index (χ1v) is 11.7. The molecule has 0 bridgehead atoms. The number of likely N-dealkylation sites (tertiary alicyclic amines) is 1. The summed E-state index contributed by atoms with van der Waals surface area (Å²) in [5.74, 6) is 0.694. The maximum atomic E-state index is 13.0. The third-order valence-corrected chi connectivity index (χ3v) is 7.17. The van der Waals surface area contributed by atoms with Crippen LogP contribution in [0.5, 0.6) is 0 Å². The van der Waals surface area contributed by atoms with Crippen LogP contribution >= 0.6 is 0 Å². The van der Waals surface area contributed by atoms with E-state index in [1.165, 1.54) is 11.1 Å². The van der Waals surface area contributed by atoms with Gasteiger partial charge in [-0.1, -0.05) is 31.2 Å². The number of nitrogens with zero attached hydrogens (tertiary/aromatic N) is 5. The van der Waals surface area contributed by atoms with Gasteiger partial charge in [0, 0.05) is 63.6 Å². The molecule has 0 unspecified atom stereocenters. The van der Waals surface area contributed by atoms with Gasteiger partial charge in [0.2, 0.25) is 5.95 Å². The van der Waals surface area contributed by atoms with Crippen LogP contribution < -0.4 is 4.90 Å². The van der Waals surface area contributed by atoms with Crippen LogP contribution in [0.2, 0.25) is 0 Å². The van der Waals surface area contributed by atoms with Gasteiger partial charge in [0.1, 0.15) is 0 Å². The normalized spacial score (nSPS) is 21.0. The summed E-state index contributed by atoms with van der Waals surface area (Å²) in [6, 6.07) is 9.33. The summed E-state index contributed by atoms with van der Waals surface area (Å²) >= 11 is 0. The predicted molar refractivity (Wildman–Crippen MR) is 124 cm³/mol. The fourth-order valence-corrected chi connectivity index (χ4v) is 5.26. The molecule has 5 rings (SSSR count). The van der Waals surface area contributed by atoms with E-state index in [0.717, 1.165) is 65.2 Å². The van der Waals surface area contributed by atoms with Crippen molar-refractivity contribution >= 4 is 11.9 Å². The van der Waals surface area contributed by atoms with Crippen molar-refractivity contribution in [1.82, 2.24) is 19.8 Å². The Balaban J connectivity index is 1.14. The Labute approximate surface area is 190 Å². The van der Waals surface area contributed by atoms with Gasteiger partial charge < -0.3 is 14.5 Å². The Morgan fingerprint density at radius 1 is 1.12 bits per heavy atom. The van der Waals surface area contributed by atoms with Crippen LogP contribution in [-0.4, -0.2) is 78.2 Å². The average Bonchev–Trinajstić information content (AvgIpc) is 2.82. The van der Waals surface area contributed by atoms with Crippen LogP contribution in [0, 0.1) is 5.41 Å². The van der Waals surface area contributed by atoms with Crippen molar-refractivity contribution in [3.8, 4) is 0 Å². The van der Waals surface area contributed by atoms with E-state index in [9.17, 15) is 4.79 Å². The Kier molecular flexibility index (Phi) is 5.86. The van der Waals surface area contributed by atoms with E-state index in [-0.39, 0.29) is 11.3 Å². The fraction of sp³-hybridized carbons (Fsp3) is 0.560. The van der Waals surface area contributed by atoms with Crippen molar-refractivity contribution in [2.45, 2.75) is 38.8 Å². The highest BCUT2D eigenvalue weighted by Gasteiger charge is 2.35. The molecule has 0 radical (unpaired) electrons. The van der Waals surface area contributed by atoms with Gasteiger partial charge in [-0.25, -0.2) is 9.97 Å². The third-order valence-electron chi connectivity index (χ3n) is 7.17. The average molecular weight is 436 g/mol. The first kappa shape index (κ1) is 21.3. The molecule has 0 aliphatic carbocycles. The summed E-state index contributed by atoms with van der Waals surface area (Å²) in [6.45, 7) is 8.32. The first-order chi connectivity index (χ1) is 15.5. The van der Waals surface area contributed by atoms with Crippen molar-refractivity contribution in [3.05, 3.63) is 53.3 Å². The van der Waals surface area contributed by atoms with Crippen LogP contribution in [0.25, 0.3) is 0 Å². The molecule has 0 atom stereocenters. The smallest absolute Gasteiger partial charge is 0.256 e. The van der Waals surface area contributed by atoms with Gasteiger partial charge in [0.05, 0.1) is 18.8 Å². The Morgan fingerprint density at radius 3 is 2.47 bits per heavy atom. The number of fused-ring (bicyclic) bond motifs is 1. The largest absolute Gasteiger partial charge is 0.380 e. The SMILES string of the molecule is CN(CC1(C)COC1)c1ncc(C(=O)N2CCC(N3CCc4ccccc4C3)CC2)cn1. The molecule has 7 nitrogen and oxygen atoms in total. The fourth-order valence-electron chi connectivity index (χ4n) is 5.26. The summed E-state index contributed by atoms with van der Waals surface area (Å²) in [4.78, 5) is 28.5. The molecule has 2 aromatic rings. The van der Waals surface area contributed by atoms with Gasteiger partial charge in [0.15, 0.2) is 0 Å². The molecule has 3 aliphatic heterocycles. The number of hydrogen-bond donors (Lipinski definition) is 0. The first-order valence-electron chi connectivity index (χ1n) is 11.7. The molecule has 4 heterocycles. The van der Waals surface area contributed by atoms with E-state index in [4.69, 9.17) is 4.74 Å². The number of carbonyl (C=O) groups is 1. The lowest BCUT2D eigenvalue weighted by atomic mass is 9.88. The second kappa shape index (κ2) is 8.79. The second-order valence-electron chi connectivity index (χ2n) is 9.94. The number of piperidine rings is 1. The van der Waals surface area contributed by atoms with E-state index in [2.05, 4.69) is 46.1 Å². The highest BCUT2D eigenvalue weighted by atomic mass is 16.5. The molecule has 0 N–H and O–H groups in total. The van der Waals surface area contributed by atoms with Crippen LogP contribution in [0.1, 0.15) is 41.3 Å². The van der Waals surface area contributed by atoms with E-state index in [1.54, 1.807) is 12.4 Å². The molecule has 7 heteroatoms. The van der Waals surface area contributed by atoms with Crippen LogP contribution in [-0.2, 0) is 17.7 Å². The minimum absolute atomic E-state index is 0.0426. The number of rotatable bonds is 5. The van der Waals surface area contributed by atoms with Crippen LogP contribution in [0.15, 0.2) is 36.7 Å². The molecule has 2 fully saturated rings. The summed E-state index contributed by atoms with van der Waals surface area (Å²) in [6.07, 6.45) is 6.52. The highest BCUT2D eigenvalue weighted by molar-refractivity contribution is 5.93. The van der Waals surface area contributed by atoms with E-state index >= 15 is 0 Å². The summed E-state index contributed by atoms with van der Waals surface area (Å²) in [5, 5.41) is 0. The topological polar surface area (TPSA) is 61.8 Å². The Morgan fingerprint density at radius 2 is 1.81 bits per heavy atom. The summed E-state index contributed by atoms with van der Waals surface area (Å²) in [5.41, 5.74) is 3.68. The van der Waals surface area contributed by atoms with Gasteiger partial charge >= 0.3 is 0 Å². The Bertz CT molecular complexity index is 951. The zero-order valence-corrected chi connectivity index (χ0v) is 19.2. The lowest BCUT2D eigenvalue weighted by molar-refractivity contribution is -0.0952. The number of anilines is 1. The van der Waals surface area contributed by atoms with Crippen LogP contribution in [0.4, 0.5) is 5.95 Å². The number of carbonyl (C=O) groups excluding carboxylic acids is 1. The third kappa shape index (κ3) is 4.36. The zero-order valence-electron chi connectivity index (χ0n) is 19.2. The lowest BCUT2D eigenvalue weighted by Gasteiger charge is -2.41. The van der Waals surface area contributed by atoms with E-state index < -0.39 is 0 Å². The molecule has 0 spiro atoms. The number of ether oxygens (including phenoxy) is 1. The van der Waals surface area contributed by atoms with Crippen molar-refractivity contribution in [2.75, 3.05) is 51.3 Å². The molecular weight excluding hydrogens is 402 g/mol. The monoisotopic (exact) mass is 435 g/mol. The highest BCUT2D eigenvalue weighted by Crippen LogP contribution is 2.28. The molecule has 170 valence electrons. The number of hydrogen-bond acceptors (Lipinski definition) is 6. The molecule has 1 aromatic heterocycles. The van der Waals surface area contributed by atoms with Crippen molar-refractivity contribution in [1.29, 1.82) is 0 Å². The second-order valence-corrected chi connectivity index (χ2v) is 9.94. The molecular formula is C25H33N5O2. The molecule has 1 amide bonds. The molecule has 3 aliphatic rings. The van der Waals surface area contributed by atoms with Crippen molar-refractivity contribution in [3.63, 3.8) is 0 Å².